The van der Waals surface area contributed by atoms with Gasteiger partial charge in [0.05, 0.1) is 12.2 Å². The summed E-state index contributed by atoms with van der Waals surface area (Å²) in [5.41, 5.74) is 1.90. The molecule has 0 spiro atoms. The molecule has 0 aliphatic carbocycles. The lowest BCUT2D eigenvalue weighted by molar-refractivity contribution is 0.0951. The maximum absolute atomic E-state index is 12.8. The molecular weight excluding hydrogens is 273 g/mol. The minimum atomic E-state index is -0.590. The van der Waals surface area contributed by atoms with Crippen molar-refractivity contribution in [3.05, 3.63) is 65.0 Å². The van der Waals surface area contributed by atoms with Crippen LogP contribution in [0.3, 0.4) is 0 Å². The number of nitrogens with one attached hydrogen (secondary N) is 1. The van der Waals surface area contributed by atoms with Crippen molar-refractivity contribution in [1.82, 2.24) is 5.32 Å². The topological polar surface area (TPSA) is 69.6 Å². The highest BCUT2D eigenvalue weighted by Crippen LogP contribution is 2.17. The molecular formula is C16H16FNO3. The standard InChI is InChI=1S/C16H16FNO3/c17-13-5-6-14(15(20)9-13)16(21)18-8-7-11-1-3-12(10-19)4-2-11/h1-6,9,19-20H,7-8,10H2,(H,18,21). The highest BCUT2D eigenvalue weighted by Gasteiger charge is 2.11. The molecule has 21 heavy (non-hydrogen) atoms. The van der Waals surface area contributed by atoms with Gasteiger partial charge >= 0.3 is 0 Å². The van der Waals surface area contributed by atoms with E-state index >= 15 is 0 Å². The molecule has 0 heterocycles. The fraction of sp³-hybridized carbons (Fsp3) is 0.188. The Morgan fingerprint density at radius 2 is 1.76 bits per heavy atom. The van der Waals surface area contributed by atoms with Crippen molar-refractivity contribution in [2.75, 3.05) is 6.54 Å². The lowest BCUT2D eigenvalue weighted by atomic mass is 10.1. The Morgan fingerprint density at radius 3 is 2.38 bits per heavy atom. The summed E-state index contributed by atoms with van der Waals surface area (Å²) in [5, 5.41) is 21.1. The van der Waals surface area contributed by atoms with Crippen LogP contribution >= 0.6 is 0 Å². The minimum absolute atomic E-state index is 0.000853. The number of carbonyl (C=O) groups excluding carboxylic acids is 1. The number of rotatable bonds is 5. The second-order valence-electron chi connectivity index (χ2n) is 4.64. The largest absolute Gasteiger partial charge is 0.507 e. The average molecular weight is 289 g/mol. The van der Waals surface area contributed by atoms with Crippen molar-refractivity contribution in [1.29, 1.82) is 0 Å². The van der Waals surface area contributed by atoms with Crippen LogP contribution in [-0.4, -0.2) is 22.7 Å². The molecule has 3 N–H and O–H groups in total. The number of aliphatic hydroxyl groups is 1. The molecule has 0 aromatic heterocycles. The lowest BCUT2D eigenvalue weighted by Gasteiger charge is -2.07. The highest BCUT2D eigenvalue weighted by molar-refractivity contribution is 5.96. The van der Waals surface area contributed by atoms with E-state index < -0.39 is 11.7 Å². The van der Waals surface area contributed by atoms with Crippen molar-refractivity contribution >= 4 is 5.91 Å². The Kier molecular flexibility index (Phi) is 4.90. The predicted molar refractivity (Wildman–Crippen MR) is 76.5 cm³/mol. The average Bonchev–Trinajstić information content (AvgIpc) is 2.47. The third kappa shape index (κ3) is 4.03. The number of aromatic hydroxyl groups is 1. The van der Waals surface area contributed by atoms with Gasteiger partial charge in [0.15, 0.2) is 0 Å². The molecule has 2 aromatic carbocycles. The summed E-state index contributed by atoms with van der Waals surface area (Å²) < 4.78 is 12.8. The van der Waals surface area contributed by atoms with Crippen LogP contribution in [0.1, 0.15) is 21.5 Å². The van der Waals surface area contributed by atoms with Gasteiger partial charge in [-0.05, 0) is 29.7 Å². The highest BCUT2D eigenvalue weighted by atomic mass is 19.1. The zero-order valence-electron chi connectivity index (χ0n) is 11.3. The molecule has 1 amide bonds. The number of hydrogen-bond acceptors (Lipinski definition) is 3. The number of phenolic OH excluding ortho intramolecular Hbond substituents is 1. The van der Waals surface area contributed by atoms with Crippen LogP contribution in [-0.2, 0) is 13.0 Å². The van der Waals surface area contributed by atoms with Crippen LogP contribution in [0.25, 0.3) is 0 Å². The van der Waals surface area contributed by atoms with Crippen LogP contribution in [0.4, 0.5) is 4.39 Å². The predicted octanol–water partition coefficient (Wildman–Crippen LogP) is 2.00. The van der Waals surface area contributed by atoms with E-state index in [0.717, 1.165) is 23.3 Å². The molecule has 0 bridgehead atoms. The first kappa shape index (κ1) is 15.0. The first-order valence-corrected chi connectivity index (χ1v) is 6.55. The van der Waals surface area contributed by atoms with Gasteiger partial charge < -0.3 is 15.5 Å². The van der Waals surface area contributed by atoms with E-state index in [4.69, 9.17) is 5.11 Å². The van der Waals surface area contributed by atoms with Crippen molar-refractivity contribution in [2.45, 2.75) is 13.0 Å². The summed E-state index contributed by atoms with van der Waals surface area (Å²) >= 11 is 0. The summed E-state index contributed by atoms with van der Waals surface area (Å²) in [6, 6.07) is 10.7. The van der Waals surface area contributed by atoms with E-state index in [1.165, 1.54) is 6.07 Å². The molecule has 0 atom stereocenters. The van der Waals surface area contributed by atoms with E-state index in [9.17, 15) is 14.3 Å². The second kappa shape index (κ2) is 6.85. The summed E-state index contributed by atoms with van der Waals surface area (Å²) in [7, 11) is 0. The molecule has 0 fully saturated rings. The number of amides is 1. The fourth-order valence-corrected chi connectivity index (χ4v) is 1.92. The SMILES string of the molecule is O=C(NCCc1ccc(CO)cc1)c1ccc(F)cc1O. The quantitative estimate of drug-likeness (QED) is 0.788. The van der Waals surface area contributed by atoms with Gasteiger partial charge in [-0.3, -0.25) is 4.79 Å². The maximum atomic E-state index is 12.8. The minimum Gasteiger partial charge on any atom is -0.507 e. The van der Waals surface area contributed by atoms with Crippen LogP contribution in [0.5, 0.6) is 5.75 Å². The molecule has 0 aliphatic heterocycles. The van der Waals surface area contributed by atoms with Gasteiger partial charge in [-0.1, -0.05) is 24.3 Å². The van der Waals surface area contributed by atoms with Crippen LogP contribution in [0, 0.1) is 5.82 Å². The molecule has 0 saturated carbocycles. The van der Waals surface area contributed by atoms with Crippen molar-refractivity contribution < 1.29 is 19.4 Å². The number of halogens is 1. The second-order valence-corrected chi connectivity index (χ2v) is 4.64. The number of benzene rings is 2. The fourth-order valence-electron chi connectivity index (χ4n) is 1.92. The van der Waals surface area contributed by atoms with Crippen molar-refractivity contribution in [2.24, 2.45) is 0 Å². The number of aliphatic hydroxyl groups excluding tert-OH is 1. The first-order chi connectivity index (χ1) is 10.1. The smallest absolute Gasteiger partial charge is 0.255 e. The number of carbonyl (C=O) groups is 1. The Labute approximate surface area is 121 Å². The van der Waals surface area contributed by atoms with E-state index in [2.05, 4.69) is 5.32 Å². The number of hydrogen-bond donors (Lipinski definition) is 3. The Bertz CT molecular complexity index is 626. The van der Waals surface area contributed by atoms with E-state index in [1.54, 1.807) is 0 Å². The zero-order chi connectivity index (χ0) is 15.2. The molecule has 0 saturated heterocycles. The molecule has 2 aromatic rings. The molecule has 0 radical (unpaired) electrons. The van der Waals surface area contributed by atoms with Gasteiger partial charge in [-0.25, -0.2) is 4.39 Å². The third-order valence-corrected chi connectivity index (χ3v) is 3.11. The van der Waals surface area contributed by atoms with Gasteiger partial charge in [0.1, 0.15) is 11.6 Å². The Balaban J connectivity index is 1.88. The Morgan fingerprint density at radius 1 is 1.10 bits per heavy atom. The lowest BCUT2D eigenvalue weighted by Crippen LogP contribution is -2.25. The summed E-state index contributed by atoms with van der Waals surface area (Å²) in [4.78, 5) is 11.8. The molecule has 2 rings (SSSR count). The molecule has 0 unspecified atom stereocenters. The van der Waals surface area contributed by atoms with Gasteiger partial charge in [0.2, 0.25) is 0 Å². The van der Waals surface area contributed by atoms with Crippen LogP contribution < -0.4 is 5.32 Å². The number of phenols is 1. The summed E-state index contributed by atoms with van der Waals surface area (Å²) in [6.07, 6.45) is 0.624. The van der Waals surface area contributed by atoms with Gasteiger partial charge in [0, 0.05) is 12.6 Å². The van der Waals surface area contributed by atoms with E-state index in [0.29, 0.717) is 13.0 Å². The van der Waals surface area contributed by atoms with Gasteiger partial charge in [-0.15, -0.1) is 0 Å². The monoisotopic (exact) mass is 289 g/mol. The van der Waals surface area contributed by atoms with Gasteiger partial charge in [-0.2, -0.15) is 0 Å². The normalized spacial score (nSPS) is 10.4. The van der Waals surface area contributed by atoms with Gasteiger partial charge in [0.25, 0.3) is 5.91 Å². The summed E-state index contributed by atoms with van der Waals surface area (Å²) in [6.45, 7) is 0.398. The molecule has 110 valence electrons. The zero-order valence-corrected chi connectivity index (χ0v) is 11.3. The molecule has 5 heteroatoms. The van der Waals surface area contributed by atoms with E-state index in [1.807, 2.05) is 24.3 Å². The van der Waals surface area contributed by atoms with Crippen molar-refractivity contribution in [3.8, 4) is 5.75 Å². The van der Waals surface area contributed by atoms with E-state index in [-0.39, 0.29) is 17.9 Å². The van der Waals surface area contributed by atoms with Crippen LogP contribution in [0.15, 0.2) is 42.5 Å². The summed E-state index contributed by atoms with van der Waals surface area (Å²) in [5.74, 6) is -1.41. The molecule has 4 nitrogen and oxygen atoms in total. The molecule has 0 aliphatic rings. The maximum Gasteiger partial charge on any atom is 0.255 e. The van der Waals surface area contributed by atoms with Crippen LogP contribution in [0.2, 0.25) is 0 Å². The van der Waals surface area contributed by atoms with Crippen molar-refractivity contribution in [3.63, 3.8) is 0 Å². The first-order valence-electron chi connectivity index (χ1n) is 6.55. The third-order valence-electron chi connectivity index (χ3n) is 3.11. The Hall–Kier alpha value is -2.40.